The molecule has 0 aliphatic carbocycles. The molecular formula is C20H15BrCl2N2O3S. The number of ether oxygens (including phenoxy) is 2. The van der Waals surface area contributed by atoms with Crippen molar-refractivity contribution in [1.29, 1.82) is 0 Å². The lowest BCUT2D eigenvalue weighted by Crippen LogP contribution is -2.07. The predicted molar refractivity (Wildman–Crippen MR) is 119 cm³/mol. The van der Waals surface area contributed by atoms with E-state index in [0.717, 1.165) is 31.9 Å². The molecule has 1 aliphatic rings. The van der Waals surface area contributed by atoms with Crippen LogP contribution in [0.5, 0.6) is 5.75 Å². The molecule has 5 nitrogen and oxygen atoms in total. The van der Waals surface area contributed by atoms with Crippen molar-refractivity contribution < 1.29 is 14.3 Å². The van der Waals surface area contributed by atoms with Crippen LogP contribution in [0.15, 0.2) is 39.7 Å². The first-order valence-corrected chi connectivity index (χ1v) is 11.2. The van der Waals surface area contributed by atoms with Gasteiger partial charge in [-0.15, -0.1) is 11.8 Å². The van der Waals surface area contributed by atoms with Crippen LogP contribution in [0.1, 0.15) is 23.0 Å². The normalized spacial score (nSPS) is 12.3. The highest BCUT2D eigenvalue weighted by Crippen LogP contribution is 2.47. The van der Waals surface area contributed by atoms with Crippen molar-refractivity contribution in [2.45, 2.75) is 17.6 Å². The minimum absolute atomic E-state index is 0.271. The number of rotatable bonds is 4. The molecule has 0 amide bonds. The summed E-state index contributed by atoms with van der Waals surface area (Å²) < 4.78 is 13.2. The van der Waals surface area contributed by atoms with Crippen LogP contribution < -0.4 is 4.74 Å². The third-order valence-electron chi connectivity index (χ3n) is 4.41. The molecule has 9 heteroatoms. The predicted octanol–water partition coefficient (Wildman–Crippen LogP) is 6.40. The molecule has 0 atom stereocenters. The summed E-state index contributed by atoms with van der Waals surface area (Å²) >= 11 is 17.5. The van der Waals surface area contributed by atoms with Gasteiger partial charge in [0.05, 0.1) is 34.5 Å². The number of thioether (sulfide) groups is 1. The Bertz CT molecular complexity index is 1110. The second-order valence-electron chi connectivity index (χ2n) is 6.22. The van der Waals surface area contributed by atoms with Crippen LogP contribution in [0.4, 0.5) is 0 Å². The minimum atomic E-state index is -0.459. The van der Waals surface area contributed by atoms with E-state index in [2.05, 4.69) is 21.0 Å². The van der Waals surface area contributed by atoms with Gasteiger partial charge >= 0.3 is 5.97 Å². The largest absolute Gasteiger partial charge is 0.496 e. The monoisotopic (exact) mass is 512 g/mol. The van der Waals surface area contributed by atoms with Crippen molar-refractivity contribution >= 4 is 56.9 Å². The van der Waals surface area contributed by atoms with E-state index >= 15 is 0 Å². The van der Waals surface area contributed by atoms with Gasteiger partial charge in [-0.3, -0.25) is 0 Å². The lowest BCUT2D eigenvalue weighted by Gasteiger charge is -2.20. The highest BCUT2D eigenvalue weighted by molar-refractivity contribution is 9.10. The molecule has 3 aromatic rings. The second-order valence-corrected chi connectivity index (χ2v) is 8.93. The number of methoxy groups -OCH3 is 1. The molecule has 0 unspecified atom stereocenters. The maximum absolute atomic E-state index is 12.6. The average molecular weight is 514 g/mol. The smallest absolute Gasteiger partial charge is 0.360 e. The van der Waals surface area contributed by atoms with Gasteiger partial charge in [0.2, 0.25) is 0 Å². The molecule has 0 fully saturated rings. The molecule has 0 saturated carbocycles. The van der Waals surface area contributed by atoms with Gasteiger partial charge in [0.1, 0.15) is 5.75 Å². The van der Waals surface area contributed by atoms with Gasteiger partial charge in [0, 0.05) is 21.4 Å². The Morgan fingerprint density at radius 1 is 1.24 bits per heavy atom. The number of fused-ring (bicyclic) bond motifs is 3. The summed E-state index contributed by atoms with van der Waals surface area (Å²) in [4.78, 5) is 13.3. The van der Waals surface area contributed by atoms with Crippen molar-refractivity contribution in [2.24, 2.45) is 0 Å². The third kappa shape index (κ3) is 3.77. The maximum Gasteiger partial charge on any atom is 0.360 e. The number of carbonyl (C=O) groups excluding carboxylic acids is 1. The quantitative estimate of drug-likeness (QED) is 0.378. The number of benzene rings is 2. The standard InChI is InChI=1S/C20H15BrCl2N2O3S/c1-3-28-20(26)17-19-18(25(24-17)13-6-11(22)5-12(23)7-13)14-8-15(21)16(27-2)4-10(14)9-29-19/h4-8H,3,9H2,1-2H3. The fourth-order valence-electron chi connectivity index (χ4n) is 3.20. The molecule has 2 aromatic carbocycles. The Labute approximate surface area is 190 Å². The van der Waals surface area contributed by atoms with Gasteiger partial charge in [0.25, 0.3) is 0 Å². The van der Waals surface area contributed by atoms with Crippen LogP contribution in [-0.2, 0) is 10.5 Å². The van der Waals surface area contributed by atoms with E-state index in [1.54, 1.807) is 48.7 Å². The Hall–Kier alpha value is -1.67. The number of aromatic nitrogens is 2. The summed E-state index contributed by atoms with van der Waals surface area (Å²) in [6.07, 6.45) is 0. The van der Waals surface area contributed by atoms with E-state index in [4.69, 9.17) is 32.7 Å². The SMILES string of the molecule is CCOC(=O)c1nn(-c2cc(Cl)cc(Cl)c2)c2c1SCc1cc(OC)c(Br)cc1-2. The highest BCUT2D eigenvalue weighted by Gasteiger charge is 2.31. The van der Waals surface area contributed by atoms with Crippen molar-refractivity contribution in [1.82, 2.24) is 9.78 Å². The van der Waals surface area contributed by atoms with Crippen molar-refractivity contribution in [2.75, 3.05) is 13.7 Å². The number of nitrogens with zero attached hydrogens (tertiary/aromatic N) is 2. The first kappa shape index (κ1) is 20.6. The number of hydrogen-bond donors (Lipinski definition) is 0. The average Bonchev–Trinajstić information content (AvgIpc) is 3.07. The second kappa shape index (κ2) is 8.22. The van der Waals surface area contributed by atoms with Gasteiger partial charge in [0.15, 0.2) is 5.69 Å². The third-order valence-corrected chi connectivity index (χ3v) is 6.59. The molecule has 0 saturated heterocycles. The Kier molecular flexibility index (Phi) is 5.84. The van der Waals surface area contributed by atoms with Crippen molar-refractivity contribution in [3.05, 3.63) is 56.1 Å². The van der Waals surface area contributed by atoms with Gasteiger partial charge in [-0.1, -0.05) is 23.2 Å². The molecule has 1 aromatic heterocycles. The van der Waals surface area contributed by atoms with Crippen LogP contribution in [0.2, 0.25) is 10.0 Å². The van der Waals surface area contributed by atoms with E-state index in [9.17, 15) is 4.79 Å². The van der Waals surface area contributed by atoms with Gasteiger partial charge in [-0.05, 0) is 58.7 Å². The summed E-state index contributed by atoms with van der Waals surface area (Å²) in [6.45, 7) is 2.04. The van der Waals surface area contributed by atoms with E-state index in [1.165, 1.54) is 0 Å². The molecular weight excluding hydrogens is 499 g/mol. The first-order chi connectivity index (χ1) is 13.9. The maximum atomic E-state index is 12.6. The van der Waals surface area contributed by atoms with Crippen LogP contribution in [-0.4, -0.2) is 29.5 Å². The molecule has 150 valence electrons. The lowest BCUT2D eigenvalue weighted by molar-refractivity contribution is 0.0515. The fraction of sp³-hybridized carbons (Fsp3) is 0.200. The Morgan fingerprint density at radius 3 is 2.62 bits per heavy atom. The fourth-order valence-corrected chi connectivity index (χ4v) is 5.35. The Morgan fingerprint density at radius 2 is 1.97 bits per heavy atom. The molecule has 1 aliphatic heterocycles. The molecule has 0 spiro atoms. The summed E-state index contributed by atoms with van der Waals surface area (Å²) in [5, 5.41) is 5.55. The van der Waals surface area contributed by atoms with E-state index in [1.807, 2.05) is 12.1 Å². The topological polar surface area (TPSA) is 53.3 Å². The summed E-state index contributed by atoms with van der Waals surface area (Å²) in [5.41, 5.74) is 3.76. The highest BCUT2D eigenvalue weighted by atomic mass is 79.9. The van der Waals surface area contributed by atoms with E-state index < -0.39 is 5.97 Å². The molecule has 0 radical (unpaired) electrons. The van der Waals surface area contributed by atoms with Crippen LogP contribution in [0, 0.1) is 0 Å². The van der Waals surface area contributed by atoms with Gasteiger partial charge in [-0.25, -0.2) is 9.48 Å². The Balaban J connectivity index is 2.00. The number of hydrogen-bond acceptors (Lipinski definition) is 5. The number of esters is 1. The van der Waals surface area contributed by atoms with Crippen LogP contribution in [0.25, 0.3) is 16.9 Å². The molecule has 0 N–H and O–H groups in total. The summed E-state index contributed by atoms with van der Waals surface area (Å²) in [7, 11) is 1.63. The molecule has 29 heavy (non-hydrogen) atoms. The van der Waals surface area contributed by atoms with Crippen molar-refractivity contribution in [3.63, 3.8) is 0 Å². The zero-order chi connectivity index (χ0) is 20.7. The number of halogens is 3. The molecule has 4 rings (SSSR count). The molecule has 0 bridgehead atoms. The molecule has 2 heterocycles. The van der Waals surface area contributed by atoms with Gasteiger partial charge in [-0.2, -0.15) is 5.10 Å². The van der Waals surface area contributed by atoms with Gasteiger partial charge < -0.3 is 9.47 Å². The van der Waals surface area contributed by atoms with E-state index in [-0.39, 0.29) is 12.3 Å². The first-order valence-electron chi connectivity index (χ1n) is 8.69. The zero-order valence-electron chi connectivity index (χ0n) is 15.5. The summed E-state index contributed by atoms with van der Waals surface area (Å²) in [5.74, 6) is 0.967. The van der Waals surface area contributed by atoms with Crippen LogP contribution in [0.3, 0.4) is 0 Å². The van der Waals surface area contributed by atoms with E-state index in [0.29, 0.717) is 21.5 Å². The van der Waals surface area contributed by atoms with Crippen LogP contribution >= 0.6 is 50.9 Å². The number of carbonyl (C=O) groups is 1. The minimum Gasteiger partial charge on any atom is -0.496 e. The van der Waals surface area contributed by atoms with Crippen molar-refractivity contribution in [3.8, 4) is 22.7 Å². The summed E-state index contributed by atoms with van der Waals surface area (Å²) in [6, 6.07) is 9.13. The zero-order valence-corrected chi connectivity index (χ0v) is 19.4. The lowest BCUT2D eigenvalue weighted by atomic mass is 10.0.